The summed E-state index contributed by atoms with van der Waals surface area (Å²) in [6.45, 7) is 1.92. The lowest BCUT2D eigenvalue weighted by molar-refractivity contribution is 1.16. The third-order valence-electron chi connectivity index (χ3n) is 1.38. The van der Waals surface area contributed by atoms with Crippen LogP contribution in [-0.4, -0.2) is 15.0 Å². The largest absolute Gasteiger partial charge is 0.341 e. The van der Waals surface area contributed by atoms with Crippen molar-refractivity contribution in [2.75, 3.05) is 0 Å². The Hall–Kier alpha value is -1.09. The first-order chi connectivity index (χ1) is 4.86. The standard InChI is InChI=1S/C7H7N3.ClH/c1-5-9-6-3-2-4-8-7(6)10-5;/h2-4H,1H3,(H,8,9,10);1H. The van der Waals surface area contributed by atoms with E-state index in [1.807, 2.05) is 19.1 Å². The average Bonchev–Trinajstić information content (AvgIpc) is 2.27. The number of nitrogens with zero attached hydrogens (tertiary/aromatic N) is 2. The van der Waals surface area contributed by atoms with Crippen LogP contribution in [0.4, 0.5) is 0 Å². The second kappa shape index (κ2) is 2.88. The molecule has 0 saturated heterocycles. The number of H-pyrrole nitrogens is 1. The number of hydrogen-bond donors (Lipinski definition) is 1. The summed E-state index contributed by atoms with van der Waals surface area (Å²) in [7, 11) is 0. The Morgan fingerprint density at radius 2 is 2.27 bits per heavy atom. The predicted octanol–water partition coefficient (Wildman–Crippen LogP) is 1.69. The zero-order valence-corrected chi connectivity index (χ0v) is 6.85. The number of pyridine rings is 1. The summed E-state index contributed by atoms with van der Waals surface area (Å²) in [5.74, 6) is 0.911. The van der Waals surface area contributed by atoms with Gasteiger partial charge in [-0.25, -0.2) is 9.97 Å². The fourth-order valence-electron chi connectivity index (χ4n) is 0.965. The summed E-state index contributed by atoms with van der Waals surface area (Å²) in [5.41, 5.74) is 1.79. The normalized spacial score (nSPS) is 9.55. The van der Waals surface area contributed by atoms with Crippen molar-refractivity contribution < 1.29 is 0 Å². The van der Waals surface area contributed by atoms with E-state index in [0.29, 0.717) is 0 Å². The highest BCUT2D eigenvalue weighted by atomic mass is 35.5. The first-order valence-electron chi connectivity index (χ1n) is 3.13. The highest BCUT2D eigenvalue weighted by molar-refractivity contribution is 5.85. The van der Waals surface area contributed by atoms with E-state index in [-0.39, 0.29) is 12.4 Å². The molecule has 4 heteroatoms. The molecule has 0 amide bonds. The van der Waals surface area contributed by atoms with Gasteiger partial charge in [0.1, 0.15) is 5.82 Å². The lowest BCUT2D eigenvalue weighted by atomic mass is 10.4. The van der Waals surface area contributed by atoms with Crippen molar-refractivity contribution >= 4 is 23.6 Å². The van der Waals surface area contributed by atoms with E-state index in [0.717, 1.165) is 17.0 Å². The van der Waals surface area contributed by atoms with Gasteiger partial charge in [0.2, 0.25) is 0 Å². The molecule has 58 valence electrons. The molecule has 0 bridgehead atoms. The molecular formula is C7H8ClN3. The number of halogens is 1. The molecule has 0 fully saturated rings. The minimum absolute atomic E-state index is 0. The van der Waals surface area contributed by atoms with E-state index in [1.165, 1.54) is 0 Å². The molecule has 3 nitrogen and oxygen atoms in total. The van der Waals surface area contributed by atoms with Crippen LogP contribution in [0.5, 0.6) is 0 Å². The fourth-order valence-corrected chi connectivity index (χ4v) is 0.965. The monoisotopic (exact) mass is 169 g/mol. The number of fused-ring (bicyclic) bond motifs is 1. The Balaban J connectivity index is 0.000000605. The second-order valence-electron chi connectivity index (χ2n) is 2.20. The van der Waals surface area contributed by atoms with Crippen LogP contribution in [0.25, 0.3) is 11.2 Å². The number of aromatic nitrogens is 3. The molecule has 11 heavy (non-hydrogen) atoms. The molecule has 0 aliphatic carbocycles. The lowest BCUT2D eigenvalue weighted by Gasteiger charge is -1.80. The average molecular weight is 170 g/mol. The lowest BCUT2D eigenvalue weighted by Crippen LogP contribution is -1.72. The summed E-state index contributed by atoms with van der Waals surface area (Å²) < 4.78 is 0. The van der Waals surface area contributed by atoms with Gasteiger partial charge in [0.15, 0.2) is 5.65 Å². The molecule has 1 N–H and O–H groups in total. The van der Waals surface area contributed by atoms with Gasteiger partial charge in [-0.2, -0.15) is 0 Å². The van der Waals surface area contributed by atoms with Crippen molar-refractivity contribution in [2.45, 2.75) is 6.92 Å². The van der Waals surface area contributed by atoms with Gasteiger partial charge in [-0.15, -0.1) is 12.4 Å². The van der Waals surface area contributed by atoms with Gasteiger partial charge in [-0.3, -0.25) is 0 Å². The zero-order valence-electron chi connectivity index (χ0n) is 6.03. The van der Waals surface area contributed by atoms with Gasteiger partial charge >= 0.3 is 0 Å². The Morgan fingerprint density at radius 3 is 3.00 bits per heavy atom. The van der Waals surface area contributed by atoms with Gasteiger partial charge < -0.3 is 4.98 Å². The summed E-state index contributed by atoms with van der Waals surface area (Å²) in [6.07, 6.45) is 1.74. The quantitative estimate of drug-likeness (QED) is 0.652. The molecule has 2 rings (SSSR count). The van der Waals surface area contributed by atoms with E-state index in [2.05, 4.69) is 15.0 Å². The van der Waals surface area contributed by atoms with E-state index in [4.69, 9.17) is 0 Å². The Bertz CT molecular complexity index is 322. The Labute approximate surface area is 70.3 Å². The van der Waals surface area contributed by atoms with E-state index >= 15 is 0 Å². The van der Waals surface area contributed by atoms with Gasteiger partial charge in [-0.05, 0) is 19.1 Å². The number of aromatic amines is 1. The van der Waals surface area contributed by atoms with Crippen LogP contribution in [0.3, 0.4) is 0 Å². The summed E-state index contributed by atoms with van der Waals surface area (Å²) >= 11 is 0. The third kappa shape index (κ3) is 1.33. The van der Waals surface area contributed by atoms with E-state index < -0.39 is 0 Å². The maximum Gasteiger partial charge on any atom is 0.177 e. The Kier molecular flexibility index (Phi) is 2.10. The molecule has 0 aliphatic heterocycles. The zero-order chi connectivity index (χ0) is 6.97. The van der Waals surface area contributed by atoms with Crippen molar-refractivity contribution in [3.05, 3.63) is 24.2 Å². The second-order valence-corrected chi connectivity index (χ2v) is 2.20. The number of nitrogens with one attached hydrogen (secondary N) is 1. The van der Waals surface area contributed by atoms with Crippen LogP contribution in [0, 0.1) is 6.92 Å². The summed E-state index contributed by atoms with van der Waals surface area (Å²) in [4.78, 5) is 11.3. The SMILES string of the molecule is Cc1nc2ncccc2[nH]1.Cl. The van der Waals surface area contributed by atoms with Crippen molar-refractivity contribution in [2.24, 2.45) is 0 Å². The first kappa shape index (κ1) is 8.01. The van der Waals surface area contributed by atoms with Crippen molar-refractivity contribution in [3.63, 3.8) is 0 Å². The molecule has 0 saturated carbocycles. The van der Waals surface area contributed by atoms with Crippen molar-refractivity contribution in [1.29, 1.82) is 0 Å². The fraction of sp³-hybridized carbons (Fsp3) is 0.143. The van der Waals surface area contributed by atoms with Gasteiger partial charge in [0.05, 0.1) is 5.52 Å². The van der Waals surface area contributed by atoms with Crippen LogP contribution in [-0.2, 0) is 0 Å². The number of imidazole rings is 1. The molecule has 0 unspecified atom stereocenters. The summed E-state index contributed by atoms with van der Waals surface area (Å²) in [6, 6.07) is 3.85. The first-order valence-corrected chi connectivity index (χ1v) is 3.13. The summed E-state index contributed by atoms with van der Waals surface area (Å²) in [5, 5.41) is 0. The van der Waals surface area contributed by atoms with Crippen LogP contribution in [0.1, 0.15) is 5.82 Å². The number of hydrogen-bond acceptors (Lipinski definition) is 2. The van der Waals surface area contributed by atoms with Crippen LogP contribution < -0.4 is 0 Å². The highest BCUT2D eigenvalue weighted by Gasteiger charge is 1.95. The van der Waals surface area contributed by atoms with Gasteiger partial charge in [0.25, 0.3) is 0 Å². The van der Waals surface area contributed by atoms with Gasteiger partial charge in [-0.1, -0.05) is 0 Å². The number of aryl methyl sites for hydroxylation is 1. The molecule has 2 aromatic heterocycles. The molecule has 2 aromatic rings. The Morgan fingerprint density at radius 1 is 1.45 bits per heavy atom. The molecule has 0 spiro atoms. The third-order valence-corrected chi connectivity index (χ3v) is 1.38. The molecule has 0 aromatic carbocycles. The van der Waals surface area contributed by atoms with Crippen molar-refractivity contribution in [3.8, 4) is 0 Å². The van der Waals surface area contributed by atoms with Crippen LogP contribution >= 0.6 is 12.4 Å². The van der Waals surface area contributed by atoms with Gasteiger partial charge in [0, 0.05) is 6.20 Å². The molecule has 0 atom stereocenters. The topological polar surface area (TPSA) is 41.6 Å². The minimum Gasteiger partial charge on any atom is -0.341 e. The molecule has 0 radical (unpaired) electrons. The van der Waals surface area contributed by atoms with Crippen LogP contribution in [0.15, 0.2) is 18.3 Å². The van der Waals surface area contributed by atoms with E-state index in [1.54, 1.807) is 6.20 Å². The molecular weight excluding hydrogens is 162 g/mol. The predicted molar refractivity (Wildman–Crippen MR) is 45.9 cm³/mol. The van der Waals surface area contributed by atoms with E-state index in [9.17, 15) is 0 Å². The van der Waals surface area contributed by atoms with Crippen molar-refractivity contribution in [1.82, 2.24) is 15.0 Å². The molecule has 2 heterocycles. The highest BCUT2D eigenvalue weighted by Crippen LogP contribution is 2.05. The molecule has 0 aliphatic rings. The smallest absolute Gasteiger partial charge is 0.177 e. The number of rotatable bonds is 0. The maximum absolute atomic E-state index is 4.15. The minimum atomic E-state index is 0. The van der Waals surface area contributed by atoms with Crippen LogP contribution in [0.2, 0.25) is 0 Å². The maximum atomic E-state index is 4.15.